The lowest BCUT2D eigenvalue weighted by Gasteiger charge is -2.05. The largest absolute Gasteiger partial charge is 0.497 e. The van der Waals surface area contributed by atoms with Gasteiger partial charge in [-0.15, -0.1) is 10.2 Å². The van der Waals surface area contributed by atoms with Crippen molar-refractivity contribution in [3.63, 3.8) is 0 Å². The first-order chi connectivity index (χ1) is 13.7. The number of hydrogen-bond donors (Lipinski definition) is 0. The Hall–Kier alpha value is -3.25. The van der Waals surface area contributed by atoms with Crippen LogP contribution in [0, 0.1) is 0 Å². The molecule has 6 heteroatoms. The molecule has 136 valence electrons. The van der Waals surface area contributed by atoms with Gasteiger partial charge in [0.2, 0.25) is 0 Å². The van der Waals surface area contributed by atoms with Gasteiger partial charge < -0.3 is 4.74 Å². The van der Waals surface area contributed by atoms with E-state index in [-0.39, 0.29) is 0 Å². The van der Waals surface area contributed by atoms with Gasteiger partial charge in [-0.2, -0.15) is 5.10 Å². The molecule has 0 spiro atoms. The molecule has 2 aromatic heterocycles. The van der Waals surface area contributed by atoms with Crippen molar-refractivity contribution < 1.29 is 4.74 Å². The van der Waals surface area contributed by atoms with Gasteiger partial charge in [-0.05, 0) is 54.6 Å². The molecule has 0 radical (unpaired) electrons. The van der Waals surface area contributed by atoms with Crippen molar-refractivity contribution in [3.8, 4) is 22.7 Å². The summed E-state index contributed by atoms with van der Waals surface area (Å²) >= 11 is 3.50. The van der Waals surface area contributed by atoms with Gasteiger partial charge in [0.05, 0.1) is 18.3 Å². The van der Waals surface area contributed by atoms with Gasteiger partial charge in [0.25, 0.3) is 0 Å². The van der Waals surface area contributed by atoms with Crippen molar-refractivity contribution in [2.45, 2.75) is 0 Å². The highest BCUT2D eigenvalue weighted by molar-refractivity contribution is 9.10. The van der Waals surface area contributed by atoms with E-state index in [1.807, 2.05) is 71.4 Å². The number of rotatable bonds is 3. The Kier molecular flexibility index (Phi) is 4.06. The number of benzene rings is 3. The molecular weight excluding hydrogens is 416 g/mol. The van der Waals surface area contributed by atoms with Crippen molar-refractivity contribution in [1.82, 2.24) is 20.0 Å². The second-order valence-electron chi connectivity index (χ2n) is 6.38. The number of nitrogens with zero attached hydrogens (tertiary/aromatic N) is 4. The van der Waals surface area contributed by atoms with E-state index >= 15 is 0 Å². The zero-order valence-corrected chi connectivity index (χ0v) is 16.6. The molecule has 0 atom stereocenters. The van der Waals surface area contributed by atoms with Crippen molar-refractivity contribution in [1.29, 1.82) is 0 Å². The first-order valence-electron chi connectivity index (χ1n) is 8.79. The first-order valence-corrected chi connectivity index (χ1v) is 9.58. The first kappa shape index (κ1) is 16.9. The minimum atomic E-state index is 0.770. The van der Waals surface area contributed by atoms with Gasteiger partial charge >= 0.3 is 0 Å². The van der Waals surface area contributed by atoms with E-state index in [9.17, 15) is 0 Å². The van der Waals surface area contributed by atoms with E-state index in [0.717, 1.165) is 49.1 Å². The fourth-order valence-electron chi connectivity index (χ4n) is 3.32. The summed E-state index contributed by atoms with van der Waals surface area (Å²) in [6, 6.07) is 23.9. The molecule has 0 saturated heterocycles. The molecule has 0 aliphatic rings. The number of aromatic nitrogens is 4. The van der Waals surface area contributed by atoms with Gasteiger partial charge in [-0.25, -0.2) is 4.68 Å². The zero-order valence-electron chi connectivity index (χ0n) is 15.0. The van der Waals surface area contributed by atoms with Crippen LogP contribution in [-0.4, -0.2) is 27.1 Å². The summed E-state index contributed by atoms with van der Waals surface area (Å²) in [4.78, 5) is 0. The standard InChI is InChI=1S/C22H15BrN4O/c1-28-17-12-6-14(7-13-17)20-21-22(18-4-2-3-5-19(18)24-25-21)27(26-20)16-10-8-15(23)9-11-16/h2-13H,1H3. The summed E-state index contributed by atoms with van der Waals surface area (Å²) in [7, 11) is 1.66. The highest BCUT2D eigenvalue weighted by atomic mass is 79.9. The molecule has 5 nitrogen and oxygen atoms in total. The minimum absolute atomic E-state index is 0.770. The van der Waals surface area contributed by atoms with Crippen LogP contribution in [-0.2, 0) is 0 Å². The molecule has 0 amide bonds. The number of ether oxygens (including phenoxy) is 1. The molecule has 3 aromatic carbocycles. The summed E-state index contributed by atoms with van der Waals surface area (Å²) in [5, 5.41) is 14.9. The predicted molar refractivity (Wildman–Crippen MR) is 114 cm³/mol. The summed E-state index contributed by atoms with van der Waals surface area (Å²) in [6.45, 7) is 0. The molecule has 5 rings (SSSR count). The summed E-state index contributed by atoms with van der Waals surface area (Å²) in [5.41, 5.74) is 5.27. The quantitative estimate of drug-likeness (QED) is 0.384. The Balaban J connectivity index is 1.84. The Bertz CT molecular complexity index is 1290. The smallest absolute Gasteiger partial charge is 0.140 e. The molecule has 2 heterocycles. The van der Waals surface area contributed by atoms with Crippen molar-refractivity contribution in [2.24, 2.45) is 0 Å². The van der Waals surface area contributed by atoms with E-state index < -0.39 is 0 Å². The third-order valence-electron chi connectivity index (χ3n) is 4.71. The Morgan fingerprint density at radius 3 is 2.36 bits per heavy atom. The lowest BCUT2D eigenvalue weighted by atomic mass is 10.1. The second-order valence-corrected chi connectivity index (χ2v) is 7.30. The maximum atomic E-state index is 5.28. The monoisotopic (exact) mass is 430 g/mol. The van der Waals surface area contributed by atoms with Crippen molar-refractivity contribution in [3.05, 3.63) is 77.3 Å². The third-order valence-corrected chi connectivity index (χ3v) is 5.24. The van der Waals surface area contributed by atoms with Crippen LogP contribution in [0.2, 0.25) is 0 Å². The van der Waals surface area contributed by atoms with Crippen LogP contribution in [0.3, 0.4) is 0 Å². The Labute approximate surface area is 169 Å². The topological polar surface area (TPSA) is 52.8 Å². The highest BCUT2D eigenvalue weighted by Gasteiger charge is 2.18. The molecule has 0 bridgehead atoms. The number of hydrogen-bond acceptors (Lipinski definition) is 4. The second kappa shape index (κ2) is 6.73. The van der Waals surface area contributed by atoms with Gasteiger partial charge in [-0.3, -0.25) is 0 Å². The summed E-state index contributed by atoms with van der Waals surface area (Å²) < 4.78 is 8.24. The van der Waals surface area contributed by atoms with Crippen LogP contribution < -0.4 is 4.74 Å². The normalized spacial score (nSPS) is 11.2. The lowest BCUT2D eigenvalue weighted by Crippen LogP contribution is -1.97. The number of methoxy groups -OCH3 is 1. The predicted octanol–water partition coefficient (Wildman–Crippen LogP) is 5.41. The summed E-state index contributed by atoms with van der Waals surface area (Å²) in [6.07, 6.45) is 0. The number of halogens is 1. The number of fused-ring (bicyclic) bond motifs is 3. The molecule has 5 aromatic rings. The van der Waals surface area contributed by atoms with Gasteiger partial charge in [0.1, 0.15) is 22.5 Å². The van der Waals surface area contributed by atoms with Crippen LogP contribution in [0.25, 0.3) is 38.9 Å². The van der Waals surface area contributed by atoms with Crippen LogP contribution in [0.1, 0.15) is 0 Å². The van der Waals surface area contributed by atoms with Gasteiger partial charge in [-0.1, -0.05) is 34.1 Å². The van der Waals surface area contributed by atoms with Crippen LogP contribution in [0.4, 0.5) is 0 Å². The fourth-order valence-corrected chi connectivity index (χ4v) is 3.59. The Morgan fingerprint density at radius 1 is 0.857 bits per heavy atom. The van der Waals surface area contributed by atoms with E-state index in [1.54, 1.807) is 7.11 Å². The maximum absolute atomic E-state index is 5.28. The lowest BCUT2D eigenvalue weighted by molar-refractivity contribution is 0.415. The molecular formula is C22H15BrN4O. The minimum Gasteiger partial charge on any atom is -0.497 e. The summed E-state index contributed by atoms with van der Waals surface area (Å²) in [5.74, 6) is 0.803. The molecule has 0 aliphatic heterocycles. The van der Waals surface area contributed by atoms with Gasteiger partial charge in [0, 0.05) is 15.4 Å². The SMILES string of the molecule is COc1ccc(-c2nn(-c3ccc(Br)cc3)c3c2nnc2ccccc23)cc1. The average Bonchev–Trinajstić information content (AvgIpc) is 3.14. The van der Waals surface area contributed by atoms with E-state index in [0.29, 0.717) is 0 Å². The van der Waals surface area contributed by atoms with Crippen LogP contribution >= 0.6 is 15.9 Å². The molecule has 0 unspecified atom stereocenters. The molecule has 0 saturated carbocycles. The van der Waals surface area contributed by atoms with Crippen LogP contribution in [0.5, 0.6) is 5.75 Å². The Morgan fingerprint density at radius 2 is 1.61 bits per heavy atom. The van der Waals surface area contributed by atoms with E-state index in [2.05, 4.69) is 32.2 Å². The molecule has 28 heavy (non-hydrogen) atoms. The fraction of sp³-hybridized carbons (Fsp3) is 0.0455. The van der Waals surface area contributed by atoms with E-state index in [4.69, 9.17) is 9.84 Å². The van der Waals surface area contributed by atoms with E-state index in [1.165, 1.54) is 0 Å². The molecule has 0 aliphatic carbocycles. The average molecular weight is 431 g/mol. The maximum Gasteiger partial charge on any atom is 0.140 e. The van der Waals surface area contributed by atoms with Crippen molar-refractivity contribution in [2.75, 3.05) is 7.11 Å². The van der Waals surface area contributed by atoms with Crippen molar-refractivity contribution >= 4 is 37.9 Å². The zero-order chi connectivity index (χ0) is 19.1. The molecule has 0 N–H and O–H groups in total. The van der Waals surface area contributed by atoms with Crippen LogP contribution in [0.15, 0.2) is 77.3 Å². The highest BCUT2D eigenvalue weighted by Crippen LogP contribution is 2.33. The van der Waals surface area contributed by atoms with Gasteiger partial charge in [0.15, 0.2) is 0 Å². The molecule has 0 fully saturated rings. The third kappa shape index (κ3) is 2.73.